The molecule has 2 fully saturated rings. The zero-order valence-corrected chi connectivity index (χ0v) is 20.6. The van der Waals surface area contributed by atoms with Crippen LogP contribution < -0.4 is 0 Å². The standard InChI is InChI=1S/C27H49NO2/c1-6-8-9-16-23(7-2)28-26(29)24-18-17-22(19-25(24)27(28)30)15-11-14-21(5)13-10-12-20(3)4/h20-25H,6-19H2,1-5H3. The molecule has 0 aromatic rings. The molecule has 5 atom stereocenters. The largest absolute Gasteiger partial charge is 0.279 e. The molecule has 0 bridgehead atoms. The van der Waals surface area contributed by atoms with Crippen LogP contribution in [0.2, 0.25) is 0 Å². The molecule has 3 heteroatoms. The Labute approximate surface area is 186 Å². The first-order chi connectivity index (χ1) is 14.4. The fourth-order valence-electron chi connectivity index (χ4n) is 5.83. The van der Waals surface area contributed by atoms with Gasteiger partial charge in [0.25, 0.3) is 0 Å². The number of hydrogen-bond acceptors (Lipinski definition) is 2. The van der Waals surface area contributed by atoms with Gasteiger partial charge in [0.15, 0.2) is 0 Å². The normalized spacial score (nSPS) is 26.3. The summed E-state index contributed by atoms with van der Waals surface area (Å²) in [5.74, 6) is 2.58. The highest BCUT2D eigenvalue weighted by Crippen LogP contribution is 2.43. The zero-order valence-electron chi connectivity index (χ0n) is 20.6. The third-order valence-corrected chi connectivity index (χ3v) is 7.83. The number of likely N-dealkylation sites (tertiary alicyclic amines) is 1. The lowest BCUT2D eigenvalue weighted by Crippen LogP contribution is -2.40. The minimum absolute atomic E-state index is 0.0102. The van der Waals surface area contributed by atoms with Crippen LogP contribution >= 0.6 is 0 Å². The molecule has 2 rings (SSSR count). The van der Waals surface area contributed by atoms with Gasteiger partial charge in [-0.05, 0) is 49.9 Å². The molecule has 30 heavy (non-hydrogen) atoms. The lowest BCUT2D eigenvalue weighted by atomic mass is 9.73. The van der Waals surface area contributed by atoms with Gasteiger partial charge in [-0.3, -0.25) is 14.5 Å². The second-order valence-corrected chi connectivity index (χ2v) is 10.9. The minimum Gasteiger partial charge on any atom is -0.279 e. The van der Waals surface area contributed by atoms with E-state index in [0.717, 1.165) is 50.4 Å². The van der Waals surface area contributed by atoms with Crippen molar-refractivity contribution in [3.63, 3.8) is 0 Å². The Morgan fingerprint density at radius 1 is 0.833 bits per heavy atom. The number of carbonyl (C=O) groups excluding carboxylic acids is 2. The molecule has 1 aliphatic heterocycles. The van der Waals surface area contributed by atoms with E-state index in [1.54, 1.807) is 4.90 Å². The Kier molecular flexibility index (Phi) is 10.9. The predicted molar refractivity (Wildman–Crippen MR) is 126 cm³/mol. The Hall–Kier alpha value is -0.860. The average molecular weight is 420 g/mol. The van der Waals surface area contributed by atoms with E-state index in [2.05, 4.69) is 34.6 Å². The topological polar surface area (TPSA) is 37.4 Å². The van der Waals surface area contributed by atoms with Gasteiger partial charge in [-0.15, -0.1) is 0 Å². The monoisotopic (exact) mass is 419 g/mol. The molecule has 1 saturated heterocycles. The Morgan fingerprint density at radius 3 is 2.20 bits per heavy atom. The molecule has 5 unspecified atom stereocenters. The number of nitrogens with zero attached hydrogens (tertiary/aromatic N) is 1. The second kappa shape index (κ2) is 12.9. The quantitative estimate of drug-likeness (QED) is 0.217. The summed E-state index contributed by atoms with van der Waals surface area (Å²) in [5, 5.41) is 0. The van der Waals surface area contributed by atoms with Crippen molar-refractivity contribution in [1.29, 1.82) is 0 Å². The van der Waals surface area contributed by atoms with Gasteiger partial charge < -0.3 is 0 Å². The van der Waals surface area contributed by atoms with E-state index in [1.807, 2.05) is 0 Å². The highest BCUT2D eigenvalue weighted by atomic mass is 16.2. The van der Waals surface area contributed by atoms with Crippen LogP contribution in [0.15, 0.2) is 0 Å². The highest BCUT2D eigenvalue weighted by Gasteiger charge is 2.51. The summed E-state index contributed by atoms with van der Waals surface area (Å²) in [4.78, 5) is 27.9. The molecule has 1 heterocycles. The van der Waals surface area contributed by atoms with Gasteiger partial charge in [-0.25, -0.2) is 0 Å². The van der Waals surface area contributed by atoms with Crippen molar-refractivity contribution in [3.05, 3.63) is 0 Å². The minimum atomic E-state index is -0.0139. The van der Waals surface area contributed by atoms with E-state index < -0.39 is 0 Å². The first-order valence-electron chi connectivity index (χ1n) is 13.3. The molecular formula is C27H49NO2. The third-order valence-electron chi connectivity index (χ3n) is 7.83. The van der Waals surface area contributed by atoms with Crippen LogP contribution in [-0.2, 0) is 9.59 Å². The lowest BCUT2D eigenvalue weighted by Gasteiger charge is -2.29. The molecule has 0 spiro atoms. The van der Waals surface area contributed by atoms with Gasteiger partial charge in [0.1, 0.15) is 0 Å². The molecule has 1 saturated carbocycles. The SMILES string of the molecule is CCCCCC(CC)N1C(=O)C2CCC(CCCC(C)CCCC(C)C)CC2C1=O. The number of hydrogen-bond donors (Lipinski definition) is 0. The first kappa shape index (κ1) is 25.4. The van der Waals surface area contributed by atoms with E-state index in [-0.39, 0.29) is 29.7 Å². The fraction of sp³-hybridized carbons (Fsp3) is 0.926. The van der Waals surface area contributed by atoms with E-state index >= 15 is 0 Å². The molecule has 2 amide bonds. The van der Waals surface area contributed by atoms with Crippen LogP contribution in [0, 0.1) is 29.6 Å². The van der Waals surface area contributed by atoms with Gasteiger partial charge in [0.05, 0.1) is 11.8 Å². The van der Waals surface area contributed by atoms with Crippen molar-refractivity contribution < 1.29 is 9.59 Å². The van der Waals surface area contributed by atoms with Crippen LogP contribution in [0.3, 0.4) is 0 Å². The zero-order chi connectivity index (χ0) is 22.1. The van der Waals surface area contributed by atoms with Gasteiger partial charge in [0, 0.05) is 6.04 Å². The lowest BCUT2D eigenvalue weighted by molar-refractivity contribution is -0.143. The number of amides is 2. The summed E-state index contributed by atoms with van der Waals surface area (Å²) in [6.45, 7) is 11.4. The van der Waals surface area contributed by atoms with Crippen LogP contribution in [0.5, 0.6) is 0 Å². The summed E-state index contributed by atoms with van der Waals surface area (Å²) in [5.41, 5.74) is 0. The Morgan fingerprint density at radius 2 is 1.53 bits per heavy atom. The average Bonchev–Trinajstić information content (AvgIpc) is 2.95. The first-order valence-corrected chi connectivity index (χ1v) is 13.3. The maximum absolute atomic E-state index is 13.2. The molecule has 0 aromatic carbocycles. The molecule has 0 aromatic heterocycles. The Balaban J connectivity index is 1.79. The molecule has 0 radical (unpaired) electrons. The molecule has 0 N–H and O–H groups in total. The van der Waals surface area contributed by atoms with Crippen molar-refractivity contribution in [1.82, 2.24) is 4.90 Å². The highest BCUT2D eigenvalue weighted by molar-refractivity contribution is 6.05. The van der Waals surface area contributed by atoms with Crippen molar-refractivity contribution in [3.8, 4) is 0 Å². The van der Waals surface area contributed by atoms with Crippen LogP contribution in [0.1, 0.15) is 125 Å². The maximum atomic E-state index is 13.2. The van der Waals surface area contributed by atoms with Crippen molar-refractivity contribution in [2.75, 3.05) is 0 Å². The summed E-state index contributed by atoms with van der Waals surface area (Å²) in [6, 6.07) is 0.132. The molecule has 2 aliphatic rings. The number of unbranched alkanes of at least 4 members (excludes halogenated alkanes) is 2. The predicted octanol–water partition coefficient (Wildman–Crippen LogP) is 7.38. The summed E-state index contributed by atoms with van der Waals surface area (Å²) >= 11 is 0. The van der Waals surface area contributed by atoms with Gasteiger partial charge in [-0.2, -0.15) is 0 Å². The second-order valence-electron chi connectivity index (χ2n) is 10.9. The summed E-state index contributed by atoms with van der Waals surface area (Å²) in [7, 11) is 0. The molecule has 3 nitrogen and oxygen atoms in total. The van der Waals surface area contributed by atoms with Gasteiger partial charge in [0.2, 0.25) is 11.8 Å². The number of fused-ring (bicyclic) bond motifs is 1. The van der Waals surface area contributed by atoms with Crippen LogP contribution in [0.4, 0.5) is 0 Å². The fourth-order valence-corrected chi connectivity index (χ4v) is 5.83. The number of carbonyl (C=O) groups is 2. The maximum Gasteiger partial charge on any atom is 0.233 e. The smallest absolute Gasteiger partial charge is 0.233 e. The van der Waals surface area contributed by atoms with Crippen molar-refractivity contribution in [2.24, 2.45) is 29.6 Å². The van der Waals surface area contributed by atoms with Crippen molar-refractivity contribution in [2.45, 2.75) is 131 Å². The molecular weight excluding hydrogens is 370 g/mol. The Bertz CT molecular complexity index is 529. The van der Waals surface area contributed by atoms with Crippen molar-refractivity contribution >= 4 is 11.8 Å². The summed E-state index contributed by atoms with van der Waals surface area (Å²) < 4.78 is 0. The number of rotatable bonds is 14. The number of imide groups is 1. The van der Waals surface area contributed by atoms with E-state index in [1.165, 1.54) is 51.4 Å². The third kappa shape index (κ3) is 7.09. The van der Waals surface area contributed by atoms with E-state index in [9.17, 15) is 9.59 Å². The van der Waals surface area contributed by atoms with Crippen LogP contribution in [0.25, 0.3) is 0 Å². The summed E-state index contributed by atoms with van der Waals surface area (Å²) in [6.07, 6.45) is 16.3. The van der Waals surface area contributed by atoms with Gasteiger partial charge in [-0.1, -0.05) is 92.4 Å². The molecule has 1 aliphatic carbocycles. The van der Waals surface area contributed by atoms with Gasteiger partial charge >= 0.3 is 0 Å². The van der Waals surface area contributed by atoms with E-state index in [0.29, 0.717) is 5.92 Å². The van der Waals surface area contributed by atoms with Crippen LogP contribution in [-0.4, -0.2) is 22.8 Å². The molecule has 174 valence electrons. The van der Waals surface area contributed by atoms with E-state index in [4.69, 9.17) is 0 Å².